The van der Waals surface area contributed by atoms with Crippen LogP contribution in [0.1, 0.15) is 20.8 Å². The van der Waals surface area contributed by atoms with E-state index < -0.39 is 0 Å². The first kappa shape index (κ1) is 17.5. The molecule has 3 saturated heterocycles. The van der Waals surface area contributed by atoms with Crippen molar-refractivity contribution in [2.45, 2.75) is 31.8 Å². The van der Waals surface area contributed by atoms with E-state index in [1.807, 2.05) is 0 Å². The van der Waals surface area contributed by atoms with Crippen LogP contribution in [0.4, 0.5) is 0 Å². The number of hydrazine groups is 2. The molecule has 0 aromatic rings. The third kappa shape index (κ3) is 4.83. The molecule has 0 radical (unpaired) electrons. The van der Waals surface area contributed by atoms with E-state index >= 15 is 0 Å². The summed E-state index contributed by atoms with van der Waals surface area (Å²) in [4.78, 5) is 0. The van der Waals surface area contributed by atoms with Gasteiger partial charge in [-0.3, -0.25) is 0 Å². The van der Waals surface area contributed by atoms with Crippen LogP contribution in [-0.2, 0) is 18.9 Å². The van der Waals surface area contributed by atoms with Crippen LogP contribution in [0.5, 0.6) is 0 Å². The van der Waals surface area contributed by atoms with Crippen LogP contribution in [0.15, 0.2) is 0 Å². The van der Waals surface area contributed by atoms with Gasteiger partial charge in [0.15, 0.2) is 0 Å². The maximum absolute atomic E-state index is 5.44. The van der Waals surface area contributed by atoms with Crippen molar-refractivity contribution in [3.8, 4) is 0 Å². The lowest BCUT2D eigenvalue weighted by atomic mass is 10.0. The molecule has 8 nitrogen and oxygen atoms in total. The Labute approximate surface area is 138 Å². The maximum atomic E-state index is 5.44. The van der Waals surface area contributed by atoms with E-state index in [0.717, 1.165) is 19.8 Å². The highest BCUT2D eigenvalue weighted by Crippen LogP contribution is 2.17. The molecule has 0 aromatic carbocycles. The van der Waals surface area contributed by atoms with Crippen LogP contribution in [0.2, 0.25) is 0 Å². The molecule has 3 aliphatic rings. The molecule has 0 bridgehead atoms. The van der Waals surface area contributed by atoms with Crippen molar-refractivity contribution < 1.29 is 18.9 Å². The predicted octanol–water partition coefficient (Wildman–Crippen LogP) is -0.267. The van der Waals surface area contributed by atoms with E-state index in [-0.39, 0.29) is 11.1 Å². The third-order valence-corrected chi connectivity index (χ3v) is 4.28. The molecular formula is C15H30N4O4. The standard InChI is InChI=1S/C15H30N4O4/c1-13-4-18(16-14(2)6-20-11-21-7-14)10-19(5-13)17-15(3)8-22-12-23-9-15/h13,16-17H,4-12H2,1-3H3. The van der Waals surface area contributed by atoms with Crippen LogP contribution in [-0.4, -0.2) is 80.9 Å². The van der Waals surface area contributed by atoms with Crippen molar-refractivity contribution in [3.63, 3.8) is 0 Å². The first-order valence-corrected chi connectivity index (χ1v) is 8.33. The Balaban J connectivity index is 1.55. The van der Waals surface area contributed by atoms with Crippen molar-refractivity contribution in [3.05, 3.63) is 0 Å². The summed E-state index contributed by atoms with van der Waals surface area (Å²) in [5.74, 6) is 0.548. The quantitative estimate of drug-likeness (QED) is 0.730. The zero-order chi connectivity index (χ0) is 16.3. The second kappa shape index (κ2) is 7.28. The van der Waals surface area contributed by atoms with Crippen molar-refractivity contribution in [1.29, 1.82) is 0 Å². The average molecular weight is 330 g/mol. The molecule has 3 heterocycles. The lowest BCUT2D eigenvalue weighted by molar-refractivity contribution is -0.175. The highest BCUT2D eigenvalue weighted by molar-refractivity contribution is 4.87. The maximum Gasteiger partial charge on any atom is 0.146 e. The number of nitrogens with zero attached hydrogens (tertiary/aromatic N) is 2. The van der Waals surface area contributed by atoms with Gasteiger partial charge in [0, 0.05) is 13.1 Å². The zero-order valence-electron chi connectivity index (χ0n) is 14.5. The SMILES string of the molecule is CC1CN(NC2(C)COCOC2)CN(NC2(C)COCOC2)C1. The molecule has 8 heteroatoms. The van der Waals surface area contributed by atoms with E-state index in [2.05, 4.69) is 41.6 Å². The van der Waals surface area contributed by atoms with E-state index in [1.165, 1.54) is 0 Å². The van der Waals surface area contributed by atoms with Crippen LogP contribution in [0.25, 0.3) is 0 Å². The first-order chi connectivity index (χ1) is 11.0. The summed E-state index contributed by atoms with van der Waals surface area (Å²) in [6.45, 7) is 12.7. The van der Waals surface area contributed by atoms with E-state index in [4.69, 9.17) is 18.9 Å². The highest BCUT2D eigenvalue weighted by Gasteiger charge is 2.36. The third-order valence-electron chi connectivity index (χ3n) is 4.28. The lowest BCUT2D eigenvalue weighted by Gasteiger charge is -2.47. The Morgan fingerprint density at radius 3 is 1.57 bits per heavy atom. The number of ether oxygens (including phenoxy) is 4. The number of rotatable bonds is 4. The normalized spacial score (nSPS) is 30.4. The Kier molecular flexibility index (Phi) is 5.54. The largest absolute Gasteiger partial charge is 0.353 e. The van der Waals surface area contributed by atoms with E-state index in [0.29, 0.717) is 45.9 Å². The smallest absolute Gasteiger partial charge is 0.146 e. The summed E-state index contributed by atoms with van der Waals surface area (Å²) >= 11 is 0. The van der Waals surface area contributed by atoms with Gasteiger partial charge in [-0.2, -0.15) is 0 Å². The second-order valence-corrected chi connectivity index (χ2v) is 7.67. The summed E-state index contributed by atoms with van der Waals surface area (Å²) in [5, 5.41) is 4.49. The van der Waals surface area contributed by atoms with Crippen molar-refractivity contribution in [2.75, 3.05) is 59.8 Å². The molecule has 0 aliphatic carbocycles. The van der Waals surface area contributed by atoms with Crippen LogP contribution in [0, 0.1) is 5.92 Å². The summed E-state index contributed by atoms with van der Waals surface area (Å²) in [6, 6.07) is 0. The Bertz CT molecular complexity index is 352. The average Bonchev–Trinajstić information content (AvgIpc) is 2.47. The van der Waals surface area contributed by atoms with Crippen LogP contribution in [0.3, 0.4) is 0 Å². The molecular weight excluding hydrogens is 300 g/mol. The Morgan fingerprint density at radius 1 is 0.783 bits per heavy atom. The fourth-order valence-electron chi connectivity index (χ4n) is 3.46. The van der Waals surface area contributed by atoms with Gasteiger partial charge in [-0.1, -0.05) is 6.92 Å². The fraction of sp³-hybridized carbons (Fsp3) is 1.00. The molecule has 0 unspecified atom stereocenters. The van der Waals surface area contributed by atoms with Gasteiger partial charge in [-0.05, 0) is 19.8 Å². The lowest BCUT2D eigenvalue weighted by Crippen LogP contribution is -2.68. The van der Waals surface area contributed by atoms with Crippen LogP contribution < -0.4 is 10.9 Å². The number of hydrogen-bond donors (Lipinski definition) is 2. The minimum Gasteiger partial charge on any atom is -0.353 e. The van der Waals surface area contributed by atoms with Gasteiger partial charge >= 0.3 is 0 Å². The number of nitrogens with one attached hydrogen (secondary N) is 2. The topological polar surface area (TPSA) is 67.5 Å². The molecule has 0 atom stereocenters. The van der Waals surface area contributed by atoms with Gasteiger partial charge in [0.25, 0.3) is 0 Å². The fourth-order valence-corrected chi connectivity index (χ4v) is 3.46. The van der Waals surface area contributed by atoms with Gasteiger partial charge in [0.05, 0.1) is 44.2 Å². The van der Waals surface area contributed by atoms with Crippen LogP contribution >= 0.6 is 0 Å². The number of hydrogen-bond acceptors (Lipinski definition) is 8. The second-order valence-electron chi connectivity index (χ2n) is 7.67. The van der Waals surface area contributed by atoms with Crippen molar-refractivity contribution >= 4 is 0 Å². The molecule has 0 aromatic heterocycles. The van der Waals surface area contributed by atoms with Crippen molar-refractivity contribution in [1.82, 2.24) is 20.9 Å². The predicted molar refractivity (Wildman–Crippen MR) is 84.1 cm³/mol. The summed E-state index contributed by atoms with van der Waals surface area (Å²) in [6.07, 6.45) is 0. The molecule has 23 heavy (non-hydrogen) atoms. The molecule has 0 amide bonds. The summed E-state index contributed by atoms with van der Waals surface area (Å²) < 4.78 is 21.8. The van der Waals surface area contributed by atoms with Gasteiger partial charge in [-0.25, -0.2) is 20.9 Å². The summed E-state index contributed by atoms with van der Waals surface area (Å²) in [5.41, 5.74) is 6.81. The van der Waals surface area contributed by atoms with Gasteiger partial charge in [-0.15, -0.1) is 0 Å². The Morgan fingerprint density at radius 2 is 1.17 bits per heavy atom. The zero-order valence-corrected chi connectivity index (χ0v) is 14.5. The van der Waals surface area contributed by atoms with E-state index in [1.54, 1.807) is 0 Å². The summed E-state index contributed by atoms with van der Waals surface area (Å²) in [7, 11) is 0. The molecule has 3 rings (SSSR count). The molecule has 0 spiro atoms. The van der Waals surface area contributed by atoms with Gasteiger partial charge in [0.2, 0.25) is 0 Å². The molecule has 0 saturated carbocycles. The molecule has 3 fully saturated rings. The van der Waals surface area contributed by atoms with Gasteiger partial charge < -0.3 is 18.9 Å². The highest BCUT2D eigenvalue weighted by atomic mass is 16.7. The Hall–Kier alpha value is -0.320. The molecule has 134 valence electrons. The minimum atomic E-state index is -0.179. The van der Waals surface area contributed by atoms with Crippen molar-refractivity contribution in [2.24, 2.45) is 5.92 Å². The van der Waals surface area contributed by atoms with E-state index in [9.17, 15) is 0 Å². The molecule has 2 N–H and O–H groups in total. The molecule has 3 aliphatic heterocycles. The monoisotopic (exact) mass is 330 g/mol. The van der Waals surface area contributed by atoms with Gasteiger partial charge in [0.1, 0.15) is 13.6 Å². The first-order valence-electron chi connectivity index (χ1n) is 8.33. The minimum absolute atomic E-state index is 0.179.